The second-order valence-corrected chi connectivity index (χ2v) is 11.3. The average Bonchev–Trinajstić information content (AvgIpc) is 2.92. The van der Waals surface area contributed by atoms with E-state index in [1.807, 2.05) is 12.1 Å². The van der Waals surface area contributed by atoms with Crippen LogP contribution in [0.3, 0.4) is 0 Å². The summed E-state index contributed by atoms with van der Waals surface area (Å²) in [5.74, 6) is 4.12. The number of benzene rings is 1. The Labute approximate surface area is 220 Å². The number of allylic oxidation sites excluding steroid dienone is 1. The molecule has 2 aliphatic carbocycles. The smallest absolute Gasteiger partial charge is 0.138 e. The zero-order valence-electron chi connectivity index (χ0n) is 22.9. The van der Waals surface area contributed by atoms with Crippen molar-refractivity contribution in [3.05, 3.63) is 41.0 Å². The normalized spacial score (nSPS) is 24.3. The van der Waals surface area contributed by atoms with Gasteiger partial charge in [-0.1, -0.05) is 83.4 Å². The Morgan fingerprint density at radius 3 is 2.08 bits per heavy atom. The maximum Gasteiger partial charge on any atom is 0.138 e. The summed E-state index contributed by atoms with van der Waals surface area (Å²) in [4.78, 5) is 0. The molecule has 0 aliphatic heterocycles. The first kappa shape index (κ1) is 28.3. The van der Waals surface area contributed by atoms with E-state index in [-0.39, 0.29) is 0 Å². The third-order valence-corrected chi connectivity index (χ3v) is 8.86. The van der Waals surface area contributed by atoms with Gasteiger partial charge in [0.15, 0.2) is 0 Å². The van der Waals surface area contributed by atoms with Crippen LogP contribution in [0.4, 0.5) is 0 Å². The first-order valence-electron chi connectivity index (χ1n) is 15.0. The van der Waals surface area contributed by atoms with E-state index >= 15 is 0 Å². The number of unbranched alkanes of at least 4 members (excludes halogenated alkanes) is 4. The van der Waals surface area contributed by atoms with E-state index in [2.05, 4.69) is 38.1 Å². The van der Waals surface area contributed by atoms with Gasteiger partial charge in [0.05, 0.1) is 5.56 Å². The highest BCUT2D eigenvalue weighted by atomic mass is 16.5. The van der Waals surface area contributed by atoms with Crippen LogP contribution in [-0.4, -0.2) is 6.61 Å². The van der Waals surface area contributed by atoms with Crippen molar-refractivity contribution in [3.8, 4) is 17.9 Å². The van der Waals surface area contributed by atoms with Crippen molar-refractivity contribution in [2.75, 3.05) is 6.61 Å². The van der Waals surface area contributed by atoms with Crippen LogP contribution >= 0.6 is 0 Å². The molecule has 0 heterocycles. The Bertz CT molecular complexity index is 889. The van der Waals surface area contributed by atoms with Crippen LogP contribution < -0.4 is 4.74 Å². The summed E-state index contributed by atoms with van der Waals surface area (Å²) in [5.41, 5.74) is 1.84. The van der Waals surface area contributed by atoms with Gasteiger partial charge in [0, 0.05) is 0 Å². The van der Waals surface area contributed by atoms with Crippen molar-refractivity contribution >= 4 is 0 Å². The molecule has 0 radical (unpaired) electrons. The third kappa shape index (κ3) is 8.40. The van der Waals surface area contributed by atoms with Gasteiger partial charge in [0.1, 0.15) is 30.1 Å². The number of ether oxygens (including phenoxy) is 1. The number of hydrogen-bond acceptors (Lipinski definition) is 3. The third-order valence-electron chi connectivity index (χ3n) is 8.86. The van der Waals surface area contributed by atoms with Gasteiger partial charge in [-0.25, -0.2) is 0 Å². The van der Waals surface area contributed by atoms with Gasteiger partial charge in [-0.3, -0.25) is 0 Å². The second kappa shape index (κ2) is 15.8. The molecule has 0 amide bonds. The number of aryl methyl sites for hydroxylation is 1. The van der Waals surface area contributed by atoms with Crippen molar-refractivity contribution in [3.63, 3.8) is 0 Å². The van der Waals surface area contributed by atoms with E-state index < -0.39 is 0 Å². The topological polar surface area (TPSA) is 56.8 Å². The standard InChI is InChI=1S/C33H48N2O/c1-3-5-7-10-26-13-17-28(18-14-26)29-19-15-27(16-20-29)11-9-23-36-33-22-21-30(12-8-6-4-2)31(24-34)32(33)25-35/h9,11,21-22,26-29H,3-8,10,12-20,23H2,1-2H3. The molecule has 0 unspecified atom stereocenters. The Hall–Kier alpha value is -2.26. The predicted molar refractivity (Wildman–Crippen MR) is 149 cm³/mol. The molecule has 0 saturated heterocycles. The van der Waals surface area contributed by atoms with Crippen molar-refractivity contribution in [1.29, 1.82) is 10.5 Å². The molecular formula is C33H48N2O. The Morgan fingerprint density at radius 2 is 1.44 bits per heavy atom. The summed E-state index contributed by atoms with van der Waals surface area (Å²) in [7, 11) is 0. The number of hydrogen-bond donors (Lipinski definition) is 0. The molecule has 0 bridgehead atoms. The van der Waals surface area contributed by atoms with E-state index in [4.69, 9.17) is 4.74 Å². The molecule has 0 spiro atoms. The van der Waals surface area contributed by atoms with Crippen LogP contribution in [0.1, 0.15) is 127 Å². The molecule has 2 aliphatic rings. The highest BCUT2D eigenvalue weighted by Crippen LogP contribution is 2.42. The lowest BCUT2D eigenvalue weighted by molar-refractivity contribution is 0.151. The van der Waals surface area contributed by atoms with Crippen LogP contribution in [0.15, 0.2) is 24.3 Å². The van der Waals surface area contributed by atoms with E-state index in [0.717, 1.165) is 49.0 Å². The van der Waals surface area contributed by atoms with Gasteiger partial charge in [0.2, 0.25) is 0 Å². The van der Waals surface area contributed by atoms with Gasteiger partial charge >= 0.3 is 0 Å². The molecule has 1 aromatic rings. The minimum absolute atomic E-state index is 0.389. The van der Waals surface area contributed by atoms with Gasteiger partial charge in [0.25, 0.3) is 0 Å². The lowest BCUT2D eigenvalue weighted by atomic mass is 9.68. The zero-order valence-corrected chi connectivity index (χ0v) is 22.9. The summed E-state index contributed by atoms with van der Waals surface area (Å²) in [6, 6.07) is 8.30. The number of nitriles is 2. The summed E-state index contributed by atoms with van der Waals surface area (Å²) in [5, 5.41) is 19.3. The molecule has 196 valence electrons. The highest BCUT2D eigenvalue weighted by molar-refractivity contribution is 5.57. The Balaban J connectivity index is 1.41. The summed E-state index contributed by atoms with van der Waals surface area (Å²) < 4.78 is 5.94. The zero-order chi connectivity index (χ0) is 25.6. The lowest BCUT2D eigenvalue weighted by Crippen LogP contribution is -2.25. The maximum absolute atomic E-state index is 9.68. The van der Waals surface area contributed by atoms with Crippen molar-refractivity contribution < 1.29 is 4.74 Å². The van der Waals surface area contributed by atoms with E-state index in [1.54, 1.807) is 0 Å². The molecule has 36 heavy (non-hydrogen) atoms. The number of rotatable bonds is 13. The van der Waals surface area contributed by atoms with Crippen molar-refractivity contribution in [1.82, 2.24) is 0 Å². The molecule has 3 rings (SSSR count). The van der Waals surface area contributed by atoms with Gasteiger partial charge in [-0.2, -0.15) is 10.5 Å². The van der Waals surface area contributed by atoms with E-state index in [9.17, 15) is 10.5 Å². The molecule has 3 nitrogen and oxygen atoms in total. The summed E-state index contributed by atoms with van der Waals surface area (Å²) in [6.45, 7) is 4.93. The summed E-state index contributed by atoms with van der Waals surface area (Å²) in [6.07, 6.45) is 25.5. The van der Waals surface area contributed by atoms with Crippen LogP contribution in [-0.2, 0) is 6.42 Å². The van der Waals surface area contributed by atoms with Crippen LogP contribution in [0, 0.1) is 46.3 Å². The first-order valence-corrected chi connectivity index (χ1v) is 15.0. The monoisotopic (exact) mass is 488 g/mol. The molecule has 3 heteroatoms. The number of nitrogens with zero attached hydrogens (tertiary/aromatic N) is 2. The van der Waals surface area contributed by atoms with Crippen molar-refractivity contribution in [2.24, 2.45) is 23.7 Å². The van der Waals surface area contributed by atoms with Crippen LogP contribution in [0.5, 0.6) is 5.75 Å². The van der Waals surface area contributed by atoms with Crippen LogP contribution in [0.25, 0.3) is 0 Å². The van der Waals surface area contributed by atoms with Crippen LogP contribution in [0.2, 0.25) is 0 Å². The molecular weight excluding hydrogens is 440 g/mol. The molecule has 1 aromatic carbocycles. The molecule has 2 fully saturated rings. The highest BCUT2D eigenvalue weighted by Gasteiger charge is 2.30. The maximum atomic E-state index is 9.68. The fourth-order valence-electron chi connectivity index (χ4n) is 6.59. The largest absolute Gasteiger partial charge is 0.488 e. The summed E-state index contributed by atoms with van der Waals surface area (Å²) >= 11 is 0. The SMILES string of the molecule is CCCCCc1ccc(OCC=CC2CCC(C3CCC(CCCCC)CC3)CC2)c(C#N)c1C#N. The predicted octanol–water partition coefficient (Wildman–Crippen LogP) is 9.29. The average molecular weight is 489 g/mol. The minimum Gasteiger partial charge on any atom is -0.488 e. The van der Waals surface area contributed by atoms with Gasteiger partial charge in [-0.05, 0) is 86.7 Å². The second-order valence-electron chi connectivity index (χ2n) is 11.3. The van der Waals surface area contributed by atoms with Crippen molar-refractivity contribution in [2.45, 2.75) is 117 Å². The first-order chi connectivity index (χ1) is 17.7. The molecule has 0 aromatic heterocycles. The Kier molecular flexibility index (Phi) is 12.4. The molecule has 2 saturated carbocycles. The lowest BCUT2D eigenvalue weighted by Gasteiger charge is -2.37. The van der Waals surface area contributed by atoms with Gasteiger partial charge in [-0.15, -0.1) is 0 Å². The quantitative estimate of drug-likeness (QED) is 0.205. The molecule has 0 atom stereocenters. The Morgan fingerprint density at radius 1 is 0.806 bits per heavy atom. The van der Waals surface area contributed by atoms with E-state index in [1.165, 1.54) is 77.0 Å². The fraction of sp³-hybridized carbons (Fsp3) is 0.697. The van der Waals surface area contributed by atoms with Gasteiger partial charge < -0.3 is 4.74 Å². The minimum atomic E-state index is 0.389. The fourth-order valence-corrected chi connectivity index (χ4v) is 6.59. The van der Waals surface area contributed by atoms with E-state index in [0.29, 0.717) is 29.4 Å². The molecule has 0 N–H and O–H groups in total.